The van der Waals surface area contributed by atoms with Crippen LogP contribution in [0.1, 0.15) is 22.3 Å². The summed E-state index contributed by atoms with van der Waals surface area (Å²) in [7, 11) is 0. The van der Waals surface area contributed by atoms with Gasteiger partial charge in [0, 0.05) is 29.4 Å². The van der Waals surface area contributed by atoms with E-state index in [1.54, 1.807) is 12.1 Å². The summed E-state index contributed by atoms with van der Waals surface area (Å²) in [5, 5.41) is 16.1. The number of nitro groups is 1. The normalized spacial score (nSPS) is 13.0. The molecule has 7 nitrogen and oxygen atoms in total. The zero-order valence-electron chi connectivity index (χ0n) is 12.3. The molecular formula is C16H12ClN3O4. The minimum Gasteiger partial charge on any atom is -0.326 e. The van der Waals surface area contributed by atoms with Gasteiger partial charge in [0.2, 0.25) is 5.91 Å². The molecule has 3 rings (SSSR count). The van der Waals surface area contributed by atoms with E-state index in [0.717, 1.165) is 5.56 Å². The summed E-state index contributed by atoms with van der Waals surface area (Å²) in [6, 6.07) is 9.02. The molecule has 0 fully saturated rings. The lowest BCUT2D eigenvalue weighted by molar-refractivity contribution is -0.384. The number of amides is 2. The number of carbonyl (C=O) groups excluding carboxylic acids is 2. The van der Waals surface area contributed by atoms with Gasteiger partial charge in [-0.05, 0) is 36.2 Å². The van der Waals surface area contributed by atoms with Crippen LogP contribution in [0.4, 0.5) is 17.1 Å². The first kappa shape index (κ1) is 15.9. The van der Waals surface area contributed by atoms with Crippen molar-refractivity contribution < 1.29 is 14.5 Å². The number of nitro benzene ring substituents is 1. The van der Waals surface area contributed by atoms with E-state index in [1.165, 1.54) is 18.2 Å². The average molecular weight is 346 g/mol. The maximum atomic E-state index is 12.3. The Morgan fingerprint density at radius 3 is 2.71 bits per heavy atom. The number of carbonyl (C=O) groups is 2. The van der Waals surface area contributed by atoms with Crippen molar-refractivity contribution >= 4 is 40.5 Å². The predicted octanol–water partition coefficient (Wildman–Crippen LogP) is 3.39. The molecule has 0 aromatic heterocycles. The van der Waals surface area contributed by atoms with Crippen LogP contribution < -0.4 is 10.6 Å². The lowest BCUT2D eigenvalue weighted by Crippen LogP contribution is -2.19. The Bertz CT molecular complexity index is 866. The van der Waals surface area contributed by atoms with Gasteiger partial charge in [0.05, 0.1) is 4.92 Å². The smallest absolute Gasteiger partial charge is 0.287 e. The molecule has 1 aliphatic heterocycles. The van der Waals surface area contributed by atoms with Crippen molar-refractivity contribution in [3.05, 3.63) is 62.7 Å². The second-order valence-electron chi connectivity index (χ2n) is 5.30. The third kappa shape index (κ3) is 3.21. The monoisotopic (exact) mass is 345 g/mol. The standard InChI is InChI=1S/C16H12ClN3O4/c17-12-7-10(2-5-14(12)20(23)24)16(22)18-11-4-1-9-3-6-15(21)19-13(9)8-11/h1-2,4-5,7-8H,3,6H2,(H,18,22)(H,19,21). The zero-order valence-corrected chi connectivity index (χ0v) is 13.1. The number of hydrogen-bond donors (Lipinski definition) is 2. The Kier molecular flexibility index (Phi) is 4.18. The Hall–Kier alpha value is -2.93. The van der Waals surface area contributed by atoms with E-state index >= 15 is 0 Å². The van der Waals surface area contributed by atoms with E-state index in [2.05, 4.69) is 10.6 Å². The van der Waals surface area contributed by atoms with E-state index in [0.29, 0.717) is 24.2 Å². The molecule has 0 spiro atoms. The molecule has 0 radical (unpaired) electrons. The first-order valence-corrected chi connectivity index (χ1v) is 7.50. The zero-order chi connectivity index (χ0) is 17.3. The fourth-order valence-corrected chi connectivity index (χ4v) is 2.70. The van der Waals surface area contributed by atoms with E-state index in [-0.39, 0.29) is 22.2 Å². The highest BCUT2D eigenvalue weighted by Gasteiger charge is 2.17. The topological polar surface area (TPSA) is 101 Å². The SMILES string of the molecule is O=C1CCc2ccc(NC(=O)c3ccc([N+](=O)[O-])c(Cl)c3)cc2N1. The molecule has 2 aromatic rings. The van der Waals surface area contributed by atoms with Gasteiger partial charge in [-0.3, -0.25) is 19.7 Å². The van der Waals surface area contributed by atoms with Crippen LogP contribution in [-0.4, -0.2) is 16.7 Å². The molecule has 2 amide bonds. The highest BCUT2D eigenvalue weighted by Crippen LogP contribution is 2.28. The molecule has 0 atom stereocenters. The van der Waals surface area contributed by atoms with Crippen molar-refractivity contribution in [2.45, 2.75) is 12.8 Å². The molecule has 0 saturated carbocycles. The van der Waals surface area contributed by atoms with Crippen LogP contribution in [0.25, 0.3) is 0 Å². The summed E-state index contributed by atoms with van der Waals surface area (Å²) in [5.41, 5.74) is 2.13. The van der Waals surface area contributed by atoms with Gasteiger partial charge in [0.25, 0.3) is 11.6 Å². The van der Waals surface area contributed by atoms with Crippen molar-refractivity contribution in [1.82, 2.24) is 0 Å². The van der Waals surface area contributed by atoms with Crippen molar-refractivity contribution in [3.63, 3.8) is 0 Å². The van der Waals surface area contributed by atoms with E-state index in [9.17, 15) is 19.7 Å². The van der Waals surface area contributed by atoms with Crippen LogP contribution in [0.5, 0.6) is 0 Å². The number of nitrogens with one attached hydrogen (secondary N) is 2. The molecule has 0 saturated heterocycles. The first-order chi connectivity index (χ1) is 11.4. The minimum absolute atomic E-state index is 0.0619. The third-order valence-electron chi connectivity index (χ3n) is 3.67. The summed E-state index contributed by atoms with van der Waals surface area (Å²) < 4.78 is 0. The van der Waals surface area contributed by atoms with Crippen molar-refractivity contribution in [2.24, 2.45) is 0 Å². The van der Waals surface area contributed by atoms with Crippen LogP contribution in [0.3, 0.4) is 0 Å². The second kappa shape index (κ2) is 6.29. The second-order valence-corrected chi connectivity index (χ2v) is 5.70. The molecule has 2 N–H and O–H groups in total. The largest absolute Gasteiger partial charge is 0.326 e. The van der Waals surface area contributed by atoms with Crippen molar-refractivity contribution in [1.29, 1.82) is 0 Å². The van der Waals surface area contributed by atoms with Gasteiger partial charge < -0.3 is 10.6 Å². The molecule has 122 valence electrons. The Morgan fingerprint density at radius 1 is 1.21 bits per heavy atom. The van der Waals surface area contributed by atoms with Gasteiger partial charge in [0.1, 0.15) is 5.02 Å². The maximum absolute atomic E-state index is 12.3. The summed E-state index contributed by atoms with van der Waals surface area (Å²) >= 11 is 5.81. The first-order valence-electron chi connectivity index (χ1n) is 7.12. The lowest BCUT2D eigenvalue weighted by atomic mass is 10.0. The molecule has 1 heterocycles. The average Bonchev–Trinajstić information content (AvgIpc) is 2.54. The Labute approximate surface area is 141 Å². The van der Waals surface area contributed by atoms with Crippen LogP contribution in [0.2, 0.25) is 5.02 Å². The fraction of sp³-hybridized carbons (Fsp3) is 0.125. The molecule has 0 unspecified atom stereocenters. The highest BCUT2D eigenvalue weighted by atomic mass is 35.5. The van der Waals surface area contributed by atoms with Gasteiger partial charge in [-0.1, -0.05) is 17.7 Å². The molecule has 0 bridgehead atoms. The van der Waals surface area contributed by atoms with Gasteiger partial charge in [-0.15, -0.1) is 0 Å². The molecular weight excluding hydrogens is 334 g/mol. The van der Waals surface area contributed by atoms with Crippen molar-refractivity contribution in [2.75, 3.05) is 10.6 Å². The number of rotatable bonds is 3. The van der Waals surface area contributed by atoms with E-state index < -0.39 is 10.8 Å². The predicted molar refractivity (Wildman–Crippen MR) is 89.5 cm³/mol. The number of benzene rings is 2. The Balaban J connectivity index is 1.80. The van der Waals surface area contributed by atoms with Crippen LogP contribution >= 0.6 is 11.6 Å². The summed E-state index contributed by atoms with van der Waals surface area (Å²) in [4.78, 5) is 33.8. The Morgan fingerprint density at radius 2 is 2.00 bits per heavy atom. The third-order valence-corrected chi connectivity index (χ3v) is 3.97. The van der Waals surface area contributed by atoms with Crippen LogP contribution in [0, 0.1) is 10.1 Å². The number of anilines is 2. The highest BCUT2D eigenvalue weighted by molar-refractivity contribution is 6.33. The van der Waals surface area contributed by atoms with Gasteiger partial charge in [-0.25, -0.2) is 0 Å². The van der Waals surface area contributed by atoms with Gasteiger partial charge in [0.15, 0.2) is 0 Å². The summed E-state index contributed by atoms with van der Waals surface area (Å²) in [5.74, 6) is -0.512. The maximum Gasteiger partial charge on any atom is 0.287 e. The molecule has 2 aromatic carbocycles. The number of aryl methyl sites for hydroxylation is 1. The molecule has 8 heteroatoms. The van der Waals surface area contributed by atoms with E-state index in [1.807, 2.05) is 6.07 Å². The summed E-state index contributed by atoms with van der Waals surface area (Å²) in [6.45, 7) is 0. The van der Waals surface area contributed by atoms with Gasteiger partial charge in [-0.2, -0.15) is 0 Å². The summed E-state index contributed by atoms with van der Waals surface area (Å²) in [6.07, 6.45) is 1.10. The van der Waals surface area contributed by atoms with Crippen LogP contribution in [0.15, 0.2) is 36.4 Å². The lowest BCUT2D eigenvalue weighted by Gasteiger charge is -2.17. The minimum atomic E-state index is -0.615. The quantitative estimate of drug-likeness (QED) is 0.657. The van der Waals surface area contributed by atoms with Crippen molar-refractivity contribution in [3.8, 4) is 0 Å². The number of fused-ring (bicyclic) bond motifs is 1. The number of halogens is 1. The fourth-order valence-electron chi connectivity index (χ4n) is 2.45. The number of nitrogens with zero attached hydrogens (tertiary/aromatic N) is 1. The molecule has 1 aliphatic rings. The van der Waals surface area contributed by atoms with Crippen LogP contribution in [-0.2, 0) is 11.2 Å². The molecule has 24 heavy (non-hydrogen) atoms. The van der Waals surface area contributed by atoms with Gasteiger partial charge >= 0.3 is 0 Å². The molecule has 0 aliphatic carbocycles. The van der Waals surface area contributed by atoms with E-state index in [4.69, 9.17) is 11.6 Å². The number of hydrogen-bond acceptors (Lipinski definition) is 4.